The molecule has 2 aromatic rings. The zero-order chi connectivity index (χ0) is 13.1. The number of hydrogen-bond acceptors (Lipinski definition) is 2. The van der Waals surface area contributed by atoms with Gasteiger partial charge in [-0.15, -0.1) is 0 Å². The Bertz CT molecular complexity index is 495. The molecule has 0 bridgehead atoms. The van der Waals surface area contributed by atoms with Crippen LogP contribution < -0.4 is 0 Å². The first-order chi connectivity index (χ1) is 9.33. The summed E-state index contributed by atoms with van der Waals surface area (Å²) >= 11 is 3.87. The van der Waals surface area contributed by atoms with Crippen LogP contribution in [-0.4, -0.2) is 9.81 Å². The van der Waals surface area contributed by atoms with Gasteiger partial charge in [-0.3, -0.25) is 0 Å². The van der Waals surface area contributed by atoms with E-state index >= 15 is 0 Å². The first-order valence-corrected chi connectivity index (χ1v) is 8.23. The lowest BCUT2D eigenvalue weighted by molar-refractivity contribution is 0.419. The summed E-state index contributed by atoms with van der Waals surface area (Å²) < 4.78 is 5.82. The lowest BCUT2D eigenvalue weighted by atomic mass is 9.95. The fourth-order valence-electron chi connectivity index (χ4n) is 3.01. The molecule has 1 atom stereocenters. The monoisotopic (exact) mass is 321 g/mol. The van der Waals surface area contributed by atoms with Crippen LogP contribution in [0.1, 0.15) is 44.4 Å². The SMILES string of the molecule is BrC(Cc1nc2ccccc2o1)C1CCCCCC1. The largest absolute Gasteiger partial charge is 0.441 e. The molecule has 1 fully saturated rings. The van der Waals surface area contributed by atoms with Gasteiger partial charge in [0, 0.05) is 11.2 Å². The minimum absolute atomic E-state index is 0.499. The van der Waals surface area contributed by atoms with Crippen LogP contribution in [0.5, 0.6) is 0 Å². The summed E-state index contributed by atoms with van der Waals surface area (Å²) in [5.41, 5.74) is 1.87. The van der Waals surface area contributed by atoms with Crippen LogP contribution in [0.15, 0.2) is 28.7 Å². The fraction of sp³-hybridized carbons (Fsp3) is 0.562. The van der Waals surface area contributed by atoms with Crippen LogP contribution in [-0.2, 0) is 6.42 Å². The van der Waals surface area contributed by atoms with Crippen LogP contribution >= 0.6 is 15.9 Å². The van der Waals surface area contributed by atoms with Crippen molar-refractivity contribution >= 4 is 27.0 Å². The summed E-state index contributed by atoms with van der Waals surface area (Å²) in [7, 11) is 0. The van der Waals surface area contributed by atoms with E-state index in [9.17, 15) is 0 Å². The van der Waals surface area contributed by atoms with E-state index in [2.05, 4.69) is 20.9 Å². The summed E-state index contributed by atoms with van der Waals surface area (Å²) in [5.74, 6) is 1.64. The molecule has 1 heterocycles. The molecule has 3 rings (SSSR count). The molecule has 0 radical (unpaired) electrons. The second-order valence-corrected chi connectivity index (χ2v) is 6.72. The Morgan fingerprint density at radius 2 is 1.89 bits per heavy atom. The Labute approximate surface area is 122 Å². The van der Waals surface area contributed by atoms with E-state index in [0.29, 0.717) is 4.83 Å². The van der Waals surface area contributed by atoms with Gasteiger partial charge < -0.3 is 4.42 Å². The maximum atomic E-state index is 5.82. The highest BCUT2D eigenvalue weighted by molar-refractivity contribution is 9.09. The molecule has 0 amide bonds. The van der Waals surface area contributed by atoms with E-state index in [1.807, 2.05) is 24.3 Å². The summed E-state index contributed by atoms with van der Waals surface area (Å²) in [4.78, 5) is 5.07. The molecule has 0 N–H and O–H groups in total. The smallest absolute Gasteiger partial charge is 0.196 e. The van der Waals surface area contributed by atoms with Crippen molar-refractivity contribution in [3.63, 3.8) is 0 Å². The number of benzene rings is 1. The van der Waals surface area contributed by atoms with Gasteiger partial charge in [0.15, 0.2) is 11.5 Å². The van der Waals surface area contributed by atoms with Crippen molar-refractivity contribution in [3.05, 3.63) is 30.2 Å². The molecule has 1 aliphatic carbocycles. The van der Waals surface area contributed by atoms with Gasteiger partial charge in [0.2, 0.25) is 0 Å². The van der Waals surface area contributed by atoms with Crippen molar-refractivity contribution in [1.29, 1.82) is 0 Å². The van der Waals surface area contributed by atoms with E-state index in [4.69, 9.17) is 4.42 Å². The van der Waals surface area contributed by atoms with Gasteiger partial charge in [-0.1, -0.05) is 53.7 Å². The van der Waals surface area contributed by atoms with E-state index < -0.39 is 0 Å². The van der Waals surface area contributed by atoms with Gasteiger partial charge in [0.1, 0.15) is 5.52 Å². The first kappa shape index (κ1) is 13.2. The fourth-order valence-corrected chi connectivity index (χ4v) is 3.82. The number of halogens is 1. The number of nitrogens with zero attached hydrogens (tertiary/aromatic N) is 1. The highest BCUT2D eigenvalue weighted by Gasteiger charge is 2.22. The van der Waals surface area contributed by atoms with Gasteiger partial charge in [-0.2, -0.15) is 0 Å². The second kappa shape index (κ2) is 6.08. The lowest BCUT2D eigenvalue weighted by Gasteiger charge is -2.19. The minimum Gasteiger partial charge on any atom is -0.441 e. The van der Waals surface area contributed by atoms with E-state index in [1.165, 1.54) is 38.5 Å². The molecule has 19 heavy (non-hydrogen) atoms. The molecule has 1 unspecified atom stereocenters. The zero-order valence-electron chi connectivity index (χ0n) is 11.1. The zero-order valence-corrected chi connectivity index (χ0v) is 12.7. The van der Waals surface area contributed by atoms with Crippen LogP contribution in [0.2, 0.25) is 0 Å². The summed E-state index contributed by atoms with van der Waals surface area (Å²) in [6, 6.07) is 8.00. The Balaban J connectivity index is 1.69. The van der Waals surface area contributed by atoms with Crippen LogP contribution in [0, 0.1) is 5.92 Å². The van der Waals surface area contributed by atoms with Gasteiger partial charge in [0.05, 0.1) is 0 Å². The number of alkyl halides is 1. The van der Waals surface area contributed by atoms with E-state index in [-0.39, 0.29) is 0 Å². The molecule has 1 aromatic carbocycles. The number of hydrogen-bond donors (Lipinski definition) is 0. The van der Waals surface area contributed by atoms with Crippen LogP contribution in [0.4, 0.5) is 0 Å². The average Bonchev–Trinajstić information content (AvgIpc) is 2.63. The van der Waals surface area contributed by atoms with Gasteiger partial charge >= 0.3 is 0 Å². The number of aromatic nitrogens is 1. The molecule has 0 spiro atoms. The maximum absolute atomic E-state index is 5.82. The molecule has 1 saturated carbocycles. The van der Waals surface area contributed by atoms with Gasteiger partial charge in [0.25, 0.3) is 0 Å². The summed E-state index contributed by atoms with van der Waals surface area (Å²) in [6.45, 7) is 0. The Morgan fingerprint density at radius 3 is 2.63 bits per heavy atom. The molecule has 1 aromatic heterocycles. The third-order valence-corrected chi connectivity index (χ3v) is 5.19. The van der Waals surface area contributed by atoms with Crippen molar-refractivity contribution in [2.45, 2.75) is 49.8 Å². The number of oxazole rings is 1. The normalized spacial score (nSPS) is 19.4. The second-order valence-electron chi connectivity index (χ2n) is 5.55. The molecule has 1 aliphatic rings. The van der Waals surface area contributed by atoms with Crippen molar-refractivity contribution in [3.8, 4) is 0 Å². The third-order valence-electron chi connectivity index (χ3n) is 4.12. The Kier molecular flexibility index (Phi) is 4.21. The highest BCUT2D eigenvalue weighted by Crippen LogP contribution is 2.31. The molecule has 2 nitrogen and oxygen atoms in total. The topological polar surface area (TPSA) is 26.0 Å². The minimum atomic E-state index is 0.499. The molecule has 3 heteroatoms. The van der Waals surface area contributed by atoms with Crippen LogP contribution in [0.3, 0.4) is 0 Å². The predicted octanol–water partition coefficient (Wildman–Crippen LogP) is 5.10. The quantitative estimate of drug-likeness (QED) is 0.580. The van der Waals surface area contributed by atoms with Crippen molar-refractivity contribution in [2.75, 3.05) is 0 Å². The molecule has 0 saturated heterocycles. The third kappa shape index (κ3) is 3.19. The number of rotatable bonds is 3. The molecular weight excluding hydrogens is 302 g/mol. The van der Waals surface area contributed by atoms with E-state index in [0.717, 1.165) is 29.3 Å². The maximum Gasteiger partial charge on any atom is 0.196 e. The highest BCUT2D eigenvalue weighted by atomic mass is 79.9. The van der Waals surface area contributed by atoms with Gasteiger partial charge in [-0.05, 0) is 30.9 Å². The Morgan fingerprint density at radius 1 is 1.16 bits per heavy atom. The van der Waals surface area contributed by atoms with Crippen molar-refractivity contribution in [2.24, 2.45) is 5.92 Å². The average molecular weight is 322 g/mol. The summed E-state index contributed by atoms with van der Waals surface area (Å²) in [6.07, 6.45) is 9.14. The molecule has 0 aliphatic heterocycles. The van der Waals surface area contributed by atoms with Gasteiger partial charge in [-0.25, -0.2) is 4.98 Å². The number of fused-ring (bicyclic) bond motifs is 1. The van der Waals surface area contributed by atoms with Crippen molar-refractivity contribution in [1.82, 2.24) is 4.98 Å². The standard InChI is InChI=1S/C16H20BrNO/c17-13(12-7-3-1-2-4-8-12)11-16-18-14-9-5-6-10-15(14)19-16/h5-6,9-10,12-13H,1-4,7-8,11H2. The van der Waals surface area contributed by atoms with E-state index in [1.54, 1.807) is 0 Å². The van der Waals surface area contributed by atoms with Crippen molar-refractivity contribution < 1.29 is 4.42 Å². The molecular formula is C16H20BrNO. The number of para-hydroxylation sites is 2. The van der Waals surface area contributed by atoms with Crippen LogP contribution in [0.25, 0.3) is 11.1 Å². The predicted molar refractivity (Wildman–Crippen MR) is 81.6 cm³/mol. The summed E-state index contributed by atoms with van der Waals surface area (Å²) in [5, 5.41) is 0. The Hall–Kier alpha value is -0.830. The first-order valence-electron chi connectivity index (χ1n) is 7.31. The molecule has 102 valence electrons. The lowest BCUT2D eigenvalue weighted by Crippen LogP contribution is -2.16.